The van der Waals surface area contributed by atoms with E-state index in [0.717, 1.165) is 18.4 Å². The standard InChI is InChI=1S/C29H37N3O6/c1-29(2,3)38-28(35)31-22-12-10-21(11-13-22)30-26(33)18-32-17-20(16-27(32)34)19-9-14-24(36-4)25(15-19)37-23-7-5-6-8-23/h9-15,20,23H,5-8,16-18H2,1-4H3,(H,30,33)(H,31,35). The summed E-state index contributed by atoms with van der Waals surface area (Å²) in [6.45, 7) is 5.80. The molecule has 9 nitrogen and oxygen atoms in total. The van der Waals surface area contributed by atoms with Crippen LogP contribution in [0.5, 0.6) is 11.5 Å². The van der Waals surface area contributed by atoms with Gasteiger partial charge < -0.3 is 24.4 Å². The molecule has 1 saturated carbocycles. The van der Waals surface area contributed by atoms with Crippen molar-refractivity contribution in [1.29, 1.82) is 0 Å². The molecule has 2 fully saturated rings. The number of nitrogens with one attached hydrogen (secondary N) is 2. The number of hydrogen-bond acceptors (Lipinski definition) is 6. The monoisotopic (exact) mass is 523 g/mol. The maximum absolute atomic E-state index is 12.7. The Kier molecular flexibility index (Phi) is 8.44. The molecule has 3 amide bonds. The first-order valence-electron chi connectivity index (χ1n) is 13.1. The zero-order valence-electron chi connectivity index (χ0n) is 22.5. The van der Waals surface area contributed by atoms with Gasteiger partial charge in [0.25, 0.3) is 0 Å². The van der Waals surface area contributed by atoms with Crippen molar-refractivity contribution >= 4 is 29.3 Å². The Balaban J connectivity index is 1.31. The van der Waals surface area contributed by atoms with Crippen LogP contribution in [0.2, 0.25) is 0 Å². The number of methoxy groups -OCH3 is 1. The second-order valence-electron chi connectivity index (χ2n) is 10.9. The van der Waals surface area contributed by atoms with Crippen LogP contribution in [-0.2, 0) is 14.3 Å². The maximum Gasteiger partial charge on any atom is 0.412 e. The van der Waals surface area contributed by atoms with E-state index < -0.39 is 11.7 Å². The molecule has 0 aromatic heterocycles. The number of amides is 3. The average Bonchev–Trinajstić information content (AvgIpc) is 3.49. The molecule has 204 valence electrons. The summed E-state index contributed by atoms with van der Waals surface area (Å²) in [4.78, 5) is 38.9. The van der Waals surface area contributed by atoms with Crippen molar-refractivity contribution < 1.29 is 28.6 Å². The molecule has 2 aliphatic rings. The third kappa shape index (κ3) is 7.40. The number of benzene rings is 2. The summed E-state index contributed by atoms with van der Waals surface area (Å²) < 4.78 is 16.9. The zero-order valence-corrected chi connectivity index (χ0v) is 22.5. The Bertz CT molecular complexity index is 1150. The molecule has 4 rings (SSSR count). The Morgan fingerprint density at radius 1 is 0.974 bits per heavy atom. The molecule has 0 bridgehead atoms. The highest BCUT2D eigenvalue weighted by molar-refractivity contribution is 5.95. The van der Waals surface area contributed by atoms with Crippen molar-refractivity contribution in [1.82, 2.24) is 4.90 Å². The third-order valence-electron chi connectivity index (χ3n) is 6.62. The van der Waals surface area contributed by atoms with Crippen LogP contribution in [0.4, 0.5) is 16.2 Å². The molecule has 2 aromatic carbocycles. The van der Waals surface area contributed by atoms with E-state index in [0.29, 0.717) is 35.8 Å². The number of anilines is 2. The van der Waals surface area contributed by atoms with Crippen LogP contribution in [0.25, 0.3) is 0 Å². The SMILES string of the molecule is COc1ccc(C2CC(=O)N(CC(=O)Nc3ccc(NC(=O)OC(C)(C)C)cc3)C2)cc1OC1CCCC1. The fourth-order valence-corrected chi connectivity index (χ4v) is 4.81. The van der Waals surface area contributed by atoms with E-state index in [-0.39, 0.29) is 30.4 Å². The van der Waals surface area contributed by atoms with E-state index in [2.05, 4.69) is 10.6 Å². The van der Waals surface area contributed by atoms with Crippen LogP contribution in [0, 0.1) is 0 Å². The van der Waals surface area contributed by atoms with Gasteiger partial charge in [-0.3, -0.25) is 14.9 Å². The van der Waals surface area contributed by atoms with Crippen molar-refractivity contribution in [2.75, 3.05) is 30.8 Å². The van der Waals surface area contributed by atoms with Gasteiger partial charge in [-0.25, -0.2) is 4.79 Å². The largest absolute Gasteiger partial charge is 0.493 e. The number of ether oxygens (including phenoxy) is 3. The van der Waals surface area contributed by atoms with Gasteiger partial charge in [0, 0.05) is 30.3 Å². The van der Waals surface area contributed by atoms with Gasteiger partial charge >= 0.3 is 6.09 Å². The molecule has 1 atom stereocenters. The van der Waals surface area contributed by atoms with Gasteiger partial charge in [-0.05, 0) is 88.4 Å². The zero-order chi connectivity index (χ0) is 27.3. The summed E-state index contributed by atoms with van der Waals surface area (Å²) in [5.74, 6) is 1.03. The predicted molar refractivity (Wildman–Crippen MR) is 145 cm³/mol. The van der Waals surface area contributed by atoms with Crippen molar-refractivity contribution in [3.63, 3.8) is 0 Å². The summed E-state index contributed by atoms with van der Waals surface area (Å²) >= 11 is 0. The normalized spacial score (nSPS) is 17.8. The minimum atomic E-state index is -0.594. The van der Waals surface area contributed by atoms with Crippen LogP contribution in [0.3, 0.4) is 0 Å². The molecule has 2 N–H and O–H groups in total. The summed E-state index contributed by atoms with van der Waals surface area (Å²) in [7, 11) is 1.63. The van der Waals surface area contributed by atoms with Crippen LogP contribution in [0.15, 0.2) is 42.5 Å². The Morgan fingerprint density at radius 2 is 1.63 bits per heavy atom. The number of carbonyl (C=O) groups is 3. The molecule has 9 heteroatoms. The minimum Gasteiger partial charge on any atom is -0.493 e. The highest BCUT2D eigenvalue weighted by atomic mass is 16.6. The molecule has 1 unspecified atom stereocenters. The summed E-state index contributed by atoms with van der Waals surface area (Å²) in [5.41, 5.74) is 1.52. The van der Waals surface area contributed by atoms with Crippen LogP contribution < -0.4 is 20.1 Å². The highest BCUT2D eigenvalue weighted by Crippen LogP contribution is 2.37. The molecule has 38 heavy (non-hydrogen) atoms. The lowest BCUT2D eigenvalue weighted by Gasteiger charge is -2.20. The number of nitrogens with zero attached hydrogens (tertiary/aromatic N) is 1. The lowest BCUT2D eigenvalue weighted by atomic mass is 9.98. The first-order valence-corrected chi connectivity index (χ1v) is 13.1. The number of carbonyl (C=O) groups excluding carboxylic acids is 3. The lowest BCUT2D eigenvalue weighted by molar-refractivity contribution is -0.131. The van der Waals surface area contributed by atoms with Crippen molar-refractivity contribution in [2.45, 2.75) is 70.5 Å². The van der Waals surface area contributed by atoms with Crippen LogP contribution >= 0.6 is 0 Å². The van der Waals surface area contributed by atoms with Gasteiger partial charge in [0.1, 0.15) is 5.60 Å². The summed E-state index contributed by atoms with van der Waals surface area (Å²) in [6.07, 6.45) is 4.43. The summed E-state index contributed by atoms with van der Waals surface area (Å²) in [6, 6.07) is 12.5. The molecule has 2 aromatic rings. The average molecular weight is 524 g/mol. The molecule has 1 saturated heterocycles. The number of likely N-dealkylation sites (tertiary alicyclic amines) is 1. The van der Waals surface area contributed by atoms with Gasteiger partial charge in [-0.15, -0.1) is 0 Å². The fourth-order valence-electron chi connectivity index (χ4n) is 4.81. The van der Waals surface area contributed by atoms with Gasteiger partial charge in [0.05, 0.1) is 19.8 Å². The van der Waals surface area contributed by atoms with E-state index >= 15 is 0 Å². The van der Waals surface area contributed by atoms with E-state index in [4.69, 9.17) is 14.2 Å². The second kappa shape index (κ2) is 11.8. The van der Waals surface area contributed by atoms with Crippen molar-refractivity contribution in [2.24, 2.45) is 0 Å². The first kappa shape index (κ1) is 27.3. The quantitative estimate of drug-likeness (QED) is 0.485. The van der Waals surface area contributed by atoms with Crippen molar-refractivity contribution in [3.05, 3.63) is 48.0 Å². The minimum absolute atomic E-state index is 0.0228. The van der Waals surface area contributed by atoms with Gasteiger partial charge in [0.15, 0.2) is 11.5 Å². The molecular weight excluding hydrogens is 486 g/mol. The molecule has 1 heterocycles. The Morgan fingerprint density at radius 3 is 2.26 bits per heavy atom. The molecular formula is C29H37N3O6. The topological polar surface area (TPSA) is 106 Å². The van der Waals surface area contributed by atoms with E-state index in [1.807, 2.05) is 18.2 Å². The number of rotatable bonds is 8. The van der Waals surface area contributed by atoms with Crippen LogP contribution in [-0.4, -0.2) is 54.7 Å². The van der Waals surface area contributed by atoms with Gasteiger partial charge in [-0.1, -0.05) is 6.07 Å². The Hall–Kier alpha value is -3.75. The van der Waals surface area contributed by atoms with E-state index in [9.17, 15) is 14.4 Å². The predicted octanol–water partition coefficient (Wildman–Crippen LogP) is 5.32. The van der Waals surface area contributed by atoms with E-state index in [1.165, 1.54) is 12.8 Å². The van der Waals surface area contributed by atoms with Crippen LogP contribution in [0.1, 0.15) is 64.4 Å². The fraction of sp³-hybridized carbons (Fsp3) is 0.483. The third-order valence-corrected chi connectivity index (χ3v) is 6.62. The summed E-state index contributed by atoms with van der Waals surface area (Å²) in [5, 5.41) is 5.47. The second-order valence-corrected chi connectivity index (χ2v) is 10.9. The molecule has 1 aliphatic heterocycles. The van der Waals surface area contributed by atoms with Crippen molar-refractivity contribution in [3.8, 4) is 11.5 Å². The Labute approximate surface area is 223 Å². The molecule has 0 radical (unpaired) electrons. The smallest absolute Gasteiger partial charge is 0.412 e. The van der Waals surface area contributed by atoms with Gasteiger partial charge in [0.2, 0.25) is 11.8 Å². The first-order chi connectivity index (χ1) is 18.1. The lowest BCUT2D eigenvalue weighted by Crippen LogP contribution is -2.34. The number of hydrogen-bond donors (Lipinski definition) is 2. The highest BCUT2D eigenvalue weighted by Gasteiger charge is 2.32. The molecule has 1 aliphatic carbocycles. The maximum atomic E-state index is 12.7. The molecule has 0 spiro atoms. The van der Waals surface area contributed by atoms with E-state index in [1.54, 1.807) is 57.0 Å². The van der Waals surface area contributed by atoms with Gasteiger partial charge in [-0.2, -0.15) is 0 Å².